The average Bonchev–Trinajstić information content (AvgIpc) is 3.33. The van der Waals surface area contributed by atoms with Crippen molar-refractivity contribution in [2.75, 3.05) is 0 Å². The molecule has 35 heavy (non-hydrogen) atoms. The maximum Gasteiger partial charge on any atom is 0.410 e. The topological polar surface area (TPSA) is 96.2 Å². The summed E-state index contributed by atoms with van der Waals surface area (Å²) >= 11 is 3.59. The molecule has 0 unspecified atom stereocenters. The first-order valence-electron chi connectivity index (χ1n) is 11.1. The van der Waals surface area contributed by atoms with Crippen molar-refractivity contribution in [3.05, 3.63) is 75.4 Å². The number of carbonyl (C=O) groups excluding carboxylic acids is 1. The van der Waals surface area contributed by atoms with Crippen LogP contribution in [0.5, 0.6) is 5.75 Å². The summed E-state index contributed by atoms with van der Waals surface area (Å²) < 4.78 is 28.1. The van der Waals surface area contributed by atoms with Gasteiger partial charge in [-0.15, -0.1) is 0 Å². The molecule has 5 rings (SSSR count). The zero-order chi connectivity index (χ0) is 24.9. The van der Waals surface area contributed by atoms with E-state index in [0.717, 1.165) is 45.6 Å². The van der Waals surface area contributed by atoms with Gasteiger partial charge in [0.15, 0.2) is 23.0 Å². The maximum absolute atomic E-state index is 14.4. The third-order valence-corrected chi connectivity index (χ3v) is 6.65. The fourth-order valence-corrected chi connectivity index (χ4v) is 4.95. The highest BCUT2D eigenvalue weighted by molar-refractivity contribution is 9.10. The number of amides is 1. The summed E-state index contributed by atoms with van der Waals surface area (Å²) in [6, 6.07) is 12.2. The second-order valence-corrected chi connectivity index (χ2v) is 9.13. The minimum atomic E-state index is -1.11. The number of aromatic nitrogens is 3. The van der Waals surface area contributed by atoms with E-state index in [-0.39, 0.29) is 11.3 Å². The number of fused-ring (bicyclic) bond motifs is 2. The lowest BCUT2D eigenvalue weighted by Crippen LogP contribution is -2.17. The normalized spacial score (nSPS) is 11.5. The minimum absolute atomic E-state index is 0.275. The standard InChI is InChI=1S/C26H22BrFN4O3/c1-4-20-31-22-13(2)10-14(3)30-25(22)32(20)12-15-8-9-19-17(11-15)21(27)24(34-19)16-6-5-7-18(28)23(16)35-26(29)33/h5-11H,4,12H2,1-3H3,(H2,29,33). The quantitative estimate of drug-likeness (QED) is 0.279. The summed E-state index contributed by atoms with van der Waals surface area (Å²) in [5, 5.41) is 0.801. The maximum atomic E-state index is 14.4. The molecule has 0 radical (unpaired) electrons. The first-order valence-corrected chi connectivity index (χ1v) is 11.9. The summed E-state index contributed by atoms with van der Waals surface area (Å²) in [7, 11) is 0. The molecular weight excluding hydrogens is 515 g/mol. The van der Waals surface area contributed by atoms with Crippen LogP contribution >= 0.6 is 15.9 Å². The van der Waals surface area contributed by atoms with E-state index in [1.165, 1.54) is 12.1 Å². The van der Waals surface area contributed by atoms with Gasteiger partial charge in [0.25, 0.3) is 0 Å². The highest BCUT2D eigenvalue weighted by Crippen LogP contribution is 2.42. The molecule has 0 atom stereocenters. The lowest BCUT2D eigenvalue weighted by molar-refractivity contribution is 0.209. The highest BCUT2D eigenvalue weighted by Gasteiger charge is 2.22. The van der Waals surface area contributed by atoms with Gasteiger partial charge in [0.2, 0.25) is 0 Å². The van der Waals surface area contributed by atoms with E-state index < -0.39 is 11.9 Å². The Morgan fingerprint density at radius 2 is 2.00 bits per heavy atom. The number of primary amides is 1. The van der Waals surface area contributed by atoms with Gasteiger partial charge < -0.3 is 19.5 Å². The summed E-state index contributed by atoms with van der Waals surface area (Å²) in [5.41, 5.74) is 10.8. The lowest BCUT2D eigenvalue weighted by atomic mass is 10.1. The van der Waals surface area contributed by atoms with Crippen LogP contribution < -0.4 is 10.5 Å². The Morgan fingerprint density at radius 1 is 1.20 bits per heavy atom. The Morgan fingerprint density at radius 3 is 2.74 bits per heavy atom. The molecule has 9 heteroatoms. The number of furan rings is 1. The number of nitrogens with zero attached hydrogens (tertiary/aromatic N) is 3. The van der Waals surface area contributed by atoms with E-state index in [2.05, 4.69) is 27.4 Å². The number of imidazole rings is 1. The smallest absolute Gasteiger partial charge is 0.410 e. The van der Waals surface area contributed by atoms with Crippen molar-refractivity contribution >= 4 is 44.2 Å². The number of para-hydroxylation sites is 1. The lowest BCUT2D eigenvalue weighted by Gasteiger charge is -2.09. The number of carbonyl (C=O) groups is 1. The van der Waals surface area contributed by atoms with Crippen molar-refractivity contribution in [1.82, 2.24) is 14.5 Å². The number of halogens is 2. The molecule has 178 valence electrons. The van der Waals surface area contributed by atoms with Crippen LogP contribution in [0.4, 0.5) is 9.18 Å². The molecule has 3 heterocycles. The van der Waals surface area contributed by atoms with Crippen LogP contribution in [0.1, 0.15) is 29.6 Å². The van der Waals surface area contributed by atoms with E-state index >= 15 is 0 Å². The van der Waals surface area contributed by atoms with Gasteiger partial charge in [0, 0.05) is 17.5 Å². The molecule has 0 aliphatic heterocycles. The molecule has 7 nitrogen and oxygen atoms in total. The number of ether oxygens (including phenoxy) is 1. The average molecular weight is 537 g/mol. The Balaban J connectivity index is 1.60. The molecule has 0 aliphatic carbocycles. The van der Waals surface area contributed by atoms with E-state index in [4.69, 9.17) is 24.9 Å². The van der Waals surface area contributed by atoms with Gasteiger partial charge in [-0.05, 0) is 71.2 Å². The van der Waals surface area contributed by atoms with Gasteiger partial charge >= 0.3 is 6.09 Å². The van der Waals surface area contributed by atoms with E-state index in [1.807, 2.05) is 38.1 Å². The van der Waals surface area contributed by atoms with Crippen molar-refractivity contribution in [3.8, 4) is 17.1 Å². The van der Waals surface area contributed by atoms with Gasteiger partial charge in [-0.2, -0.15) is 0 Å². The van der Waals surface area contributed by atoms with Crippen molar-refractivity contribution in [3.63, 3.8) is 0 Å². The molecule has 2 aromatic carbocycles. The predicted octanol–water partition coefficient (Wildman–Crippen LogP) is 6.43. The molecule has 0 bridgehead atoms. The Kier molecular flexibility index (Phi) is 5.80. The van der Waals surface area contributed by atoms with Gasteiger partial charge in [-0.25, -0.2) is 19.2 Å². The second kappa shape index (κ2) is 8.81. The molecule has 0 spiro atoms. The third kappa shape index (κ3) is 4.05. The Hall–Kier alpha value is -3.72. The van der Waals surface area contributed by atoms with Gasteiger partial charge in [0.05, 0.1) is 16.6 Å². The number of rotatable bonds is 5. The number of pyridine rings is 1. The molecule has 0 saturated heterocycles. The zero-order valence-electron chi connectivity index (χ0n) is 19.4. The van der Waals surface area contributed by atoms with E-state index in [1.54, 1.807) is 6.07 Å². The molecule has 1 amide bonds. The zero-order valence-corrected chi connectivity index (χ0v) is 20.9. The van der Waals surface area contributed by atoms with Crippen LogP contribution in [0.15, 0.2) is 51.4 Å². The van der Waals surface area contributed by atoms with Crippen LogP contribution in [0.3, 0.4) is 0 Å². The SMILES string of the molecule is CCc1nc2c(C)cc(C)nc2n1Cc1ccc2oc(-c3cccc(F)c3OC(N)=O)c(Br)c2c1. The minimum Gasteiger partial charge on any atom is -0.455 e. The van der Waals surface area contributed by atoms with E-state index in [0.29, 0.717) is 22.4 Å². The Bertz CT molecular complexity index is 1620. The van der Waals surface area contributed by atoms with Crippen molar-refractivity contribution in [1.29, 1.82) is 0 Å². The summed E-state index contributed by atoms with van der Waals surface area (Å²) in [6.45, 7) is 6.68. The fourth-order valence-electron chi connectivity index (χ4n) is 4.35. The van der Waals surface area contributed by atoms with Crippen LogP contribution in [0.25, 0.3) is 33.5 Å². The first-order chi connectivity index (χ1) is 16.8. The third-order valence-electron chi connectivity index (χ3n) is 5.86. The predicted molar refractivity (Wildman–Crippen MR) is 135 cm³/mol. The highest BCUT2D eigenvalue weighted by atomic mass is 79.9. The van der Waals surface area contributed by atoms with E-state index in [9.17, 15) is 9.18 Å². The molecular formula is C26H22BrFN4O3. The largest absolute Gasteiger partial charge is 0.455 e. The molecule has 0 fully saturated rings. The number of hydrogen-bond donors (Lipinski definition) is 1. The van der Waals surface area contributed by atoms with Crippen molar-refractivity contribution in [2.45, 2.75) is 33.7 Å². The number of hydrogen-bond acceptors (Lipinski definition) is 5. The van der Waals surface area contributed by atoms with Crippen LogP contribution in [0.2, 0.25) is 0 Å². The fraction of sp³-hybridized carbons (Fsp3) is 0.192. The molecule has 0 saturated carbocycles. The summed E-state index contributed by atoms with van der Waals surface area (Å²) in [4.78, 5) is 20.9. The van der Waals surface area contributed by atoms with Crippen LogP contribution in [-0.2, 0) is 13.0 Å². The second-order valence-electron chi connectivity index (χ2n) is 8.33. The first kappa shape index (κ1) is 23.0. The number of benzene rings is 2. The number of aryl methyl sites for hydroxylation is 3. The molecule has 0 aliphatic rings. The number of nitrogens with two attached hydrogens (primary N) is 1. The van der Waals surface area contributed by atoms with Crippen molar-refractivity contribution < 1.29 is 18.3 Å². The monoisotopic (exact) mass is 536 g/mol. The molecule has 2 N–H and O–H groups in total. The summed E-state index contributed by atoms with van der Waals surface area (Å²) in [6.07, 6.45) is -0.331. The van der Waals surface area contributed by atoms with Gasteiger partial charge in [0.1, 0.15) is 16.9 Å². The Labute approximate surface area is 208 Å². The van der Waals surface area contributed by atoms with Crippen LogP contribution in [0, 0.1) is 19.7 Å². The van der Waals surface area contributed by atoms with Crippen LogP contribution in [-0.4, -0.2) is 20.6 Å². The van der Waals surface area contributed by atoms with Crippen molar-refractivity contribution in [2.24, 2.45) is 5.73 Å². The molecule has 3 aromatic heterocycles. The molecule has 5 aromatic rings. The van der Waals surface area contributed by atoms with Gasteiger partial charge in [-0.1, -0.05) is 19.1 Å². The van der Waals surface area contributed by atoms with Gasteiger partial charge in [-0.3, -0.25) is 0 Å². The summed E-state index contributed by atoms with van der Waals surface area (Å²) in [5.74, 6) is 0.296.